The molecule has 6 nitrogen and oxygen atoms in total. The summed E-state index contributed by atoms with van der Waals surface area (Å²) in [5, 5.41) is 12.4. The van der Waals surface area contributed by atoms with Gasteiger partial charge >= 0.3 is 6.09 Å². The average Bonchev–Trinajstić information content (AvgIpc) is 2.99. The molecule has 2 N–H and O–H groups in total. The van der Waals surface area contributed by atoms with E-state index in [9.17, 15) is 4.79 Å². The lowest BCUT2D eigenvalue weighted by molar-refractivity contribution is 0.0528. The first-order valence-corrected chi connectivity index (χ1v) is 9.45. The molecule has 0 fully saturated rings. The Morgan fingerprint density at radius 1 is 1.26 bits per heavy atom. The van der Waals surface area contributed by atoms with Gasteiger partial charge in [-0.25, -0.2) is 4.79 Å². The molecule has 1 amide bonds. The summed E-state index contributed by atoms with van der Waals surface area (Å²) in [6, 6.07) is 8.15. The number of nitrogens with one attached hydrogen (secondary N) is 2. The number of hydrogen-bond acceptors (Lipinski definition) is 4. The Morgan fingerprint density at radius 3 is 2.81 bits per heavy atom. The second-order valence-corrected chi connectivity index (χ2v) is 7.52. The maximum Gasteiger partial charge on any atom is 0.407 e. The summed E-state index contributed by atoms with van der Waals surface area (Å²) in [6.45, 7) is 6.69. The zero-order valence-electron chi connectivity index (χ0n) is 16.4. The number of fused-ring (bicyclic) bond motifs is 1. The molecule has 2 rings (SSSR count). The van der Waals surface area contributed by atoms with Gasteiger partial charge in [-0.2, -0.15) is 5.26 Å². The van der Waals surface area contributed by atoms with Gasteiger partial charge in [0.05, 0.1) is 12.7 Å². The first-order valence-electron chi connectivity index (χ1n) is 9.45. The van der Waals surface area contributed by atoms with Gasteiger partial charge in [-0.15, -0.1) is 0 Å². The SMILES string of the molecule is CC(C)(C)OC(=O)NCCc1c[nH]c2ccc(OCCCCCC#N)cc12. The van der Waals surface area contributed by atoms with E-state index in [0.29, 0.717) is 26.0 Å². The van der Waals surface area contributed by atoms with E-state index in [-0.39, 0.29) is 0 Å². The van der Waals surface area contributed by atoms with Crippen LogP contribution in [0.1, 0.15) is 52.0 Å². The van der Waals surface area contributed by atoms with Crippen LogP contribution in [-0.2, 0) is 11.2 Å². The van der Waals surface area contributed by atoms with Gasteiger partial charge in [-0.05, 0) is 70.2 Å². The van der Waals surface area contributed by atoms with Crippen LogP contribution < -0.4 is 10.1 Å². The molecule has 0 unspecified atom stereocenters. The van der Waals surface area contributed by atoms with Crippen molar-refractivity contribution in [1.29, 1.82) is 5.26 Å². The molecule has 0 radical (unpaired) electrons. The normalized spacial score (nSPS) is 11.2. The minimum absolute atomic E-state index is 0.400. The number of unbranched alkanes of at least 4 members (excludes halogenated alkanes) is 3. The Hall–Kier alpha value is -2.68. The maximum atomic E-state index is 11.7. The van der Waals surface area contributed by atoms with Crippen molar-refractivity contribution in [2.75, 3.05) is 13.2 Å². The van der Waals surface area contributed by atoms with Crippen molar-refractivity contribution in [3.05, 3.63) is 30.0 Å². The van der Waals surface area contributed by atoms with Gasteiger partial charge in [0.1, 0.15) is 11.4 Å². The largest absolute Gasteiger partial charge is 0.494 e. The van der Waals surface area contributed by atoms with Crippen molar-refractivity contribution in [1.82, 2.24) is 10.3 Å². The number of carbonyl (C=O) groups excluding carboxylic acids is 1. The first kappa shape index (κ1) is 20.6. The molecule has 1 aromatic heterocycles. The van der Waals surface area contributed by atoms with Crippen LogP contribution in [0.5, 0.6) is 5.75 Å². The summed E-state index contributed by atoms with van der Waals surface area (Å²) in [5.74, 6) is 0.837. The van der Waals surface area contributed by atoms with Crippen LogP contribution in [0.2, 0.25) is 0 Å². The smallest absolute Gasteiger partial charge is 0.407 e. The van der Waals surface area contributed by atoms with E-state index in [1.54, 1.807) is 0 Å². The van der Waals surface area contributed by atoms with Gasteiger partial charge in [0.15, 0.2) is 0 Å². The molecule has 0 saturated carbocycles. The highest BCUT2D eigenvalue weighted by atomic mass is 16.6. The number of ether oxygens (including phenoxy) is 2. The Morgan fingerprint density at radius 2 is 2.07 bits per heavy atom. The molecule has 0 aliphatic rings. The summed E-state index contributed by atoms with van der Waals surface area (Å²) in [6.07, 6.45) is 5.75. The molecular weight excluding hydrogens is 342 g/mol. The average molecular weight is 371 g/mol. The molecular formula is C21H29N3O3. The summed E-state index contributed by atoms with van der Waals surface area (Å²) >= 11 is 0. The van der Waals surface area contributed by atoms with E-state index in [1.165, 1.54) is 0 Å². The molecule has 27 heavy (non-hydrogen) atoms. The van der Waals surface area contributed by atoms with Crippen molar-refractivity contribution in [3.8, 4) is 11.8 Å². The summed E-state index contributed by atoms with van der Waals surface area (Å²) < 4.78 is 11.1. The molecule has 1 aromatic carbocycles. The third-order valence-corrected chi connectivity index (χ3v) is 4.00. The molecule has 0 aliphatic carbocycles. The number of aromatic nitrogens is 1. The molecule has 1 heterocycles. The Balaban J connectivity index is 1.85. The third-order valence-electron chi connectivity index (χ3n) is 4.00. The molecule has 0 atom stereocenters. The summed E-state index contributed by atoms with van der Waals surface area (Å²) in [4.78, 5) is 15.0. The van der Waals surface area contributed by atoms with E-state index in [1.807, 2.05) is 45.2 Å². The predicted molar refractivity (Wildman–Crippen MR) is 106 cm³/mol. The Kier molecular flexibility index (Phi) is 7.54. The molecule has 0 aliphatic heterocycles. The highest BCUT2D eigenvalue weighted by Gasteiger charge is 2.15. The lowest BCUT2D eigenvalue weighted by Crippen LogP contribution is -2.33. The highest BCUT2D eigenvalue weighted by Crippen LogP contribution is 2.24. The van der Waals surface area contributed by atoms with Crippen molar-refractivity contribution in [3.63, 3.8) is 0 Å². The van der Waals surface area contributed by atoms with E-state index in [0.717, 1.165) is 41.5 Å². The van der Waals surface area contributed by atoms with Crippen molar-refractivity contribution >= 4 is 17.0 Å². The molecule has 146 valence electrons. The van der Waals surface area contributed by atoms with E-state index in [4.69, 9.17) is 14.7 Å². The number of H-pyrrole nitrogens is 1. The maximum absolute atomic E-state index is 11.7. The fourth-order valence-corrected chi connectivity index (χ4v) is 2.74. The lowest BCUT2D eigenvalue weighted by Gasteiger charge is -2.19. The van der Waals surface area contributed by atoms with Crippen LogP contribution in [0.15, 0.2) is 24.4 Å². The number of rotatable bonds is 9. The van der Waals surface area contributed by atoms with Crippen LogP contribution in [0.4, 0.5) is 4.79 Å². The van der Waals surface area contributed by atoms with Crippen LogP contribution in [0.25, 0.3) is 10.9 Å². The Bertz CT molecular complexity index is 784. The Labute approximate surface area is 160 Å². The molecule has 2 aromatic rings. The second-order valence-electron chi connectivity index (χ2n) is 7.52. The fraction of sp³-hybridized carbons (Fsp3) is 0.524. The molecule has 6 heteroatoms. The van der Waals surface area contributed by atoms with Crippen LogP contribution >= 0.6 is 0 Å². The van der Waals surface area contributed by atoms with E-state index < -0.39 is 11.7 Å². The van der Waals surface area contributed by atoms with Crippen molar-refractivity contribution in [2.45, 2.75) is 58.5 Å². The third kappa shape index (κ3) is 7.22. The highest BCUT2D eigenvalue weighted by molar-refractivity contribution is 5.84. The van der Waals surface area contributed by atoms with Gasteiger partial charge < -0.3 is 19.8 Å². The van der Waals surface area contributed by atoms with Crippen molar-refractivity contribution < 1.29 is 14.3 Å². The fourth-order valence-electron chi connectivity index (χ4n) is 2.74. The monoisotopic (exact) mass is 371 g/mol. The van der Waals surface area contributed by atoms with Gasteiger partial charge in [0.2, 0.25) is 0 Å². The number of nitriles is 1. The van der Waals surface area contributed by atoms with Crippen LogP contribution in [-0.4, -0.2) is 29.8 Å². The van der Waals surface area contributed by atoms with Crippen LogP contribution in [0.3, 0.4) is 0 Å². The second kappa shape index (κ2) is 9.86. The predicted octanol–water partition coefficient (Wildman–Crippen LogP) is 4.70. The first-order chi connectivity index (χ1) is 12.9. The number of alkyl carbamates (subject to hydrolysis) is 1. The zero-order valence-corrected chi connectivity index (χ0v) is 16.4. The number of amides is 1. The minimum atomic E-state index is -0.494. The number of aromatic amines is 1. The summed E-state index contributed by atoms with van der Waals surface area (Å²) in [7, 11) is 0. The number of carbonyl (C=O) groups is 1. The van der Waals surface area contributed by atoms with E-state index >= 15 is 0 Å². The topological polar surface area (TPSA) is 87.1 Å². The van der Waals surface area contributed by atoms with Gasteiger partial charge in [-0.1, -0.05) is 0 Å². The minimum Gasteiger partial charge on any atom is -0.494 e. The summed E-state index contributed by atoms with van der Waals surface area (Å²) in [5.41, 5.74) is 1.68. The lowest BCUT2D eigenvalue weighted by atomic mass is 10.1. The van der Waals surface area contributed by atoms with Crippen LogP contribution in [0, 0.1) is 11.3 Å². The van der Waals surface area contributed by atoms with Gasteiger partial charge in [0, 0.05) is 30.1 Å². The number of hydrogen-bond donors (Lipinski definition) is 2. The number of benzene rings is 1. The molecule has 0 spiro atoms. The van der Waals surface area contributed by atoms with Gasteiger partial charge in [0.25, 0.3) is 0 Å². The standard InChI is InChI=1S/C21H29N3O3/c1-21(2,3)27-20(25)23-12-10-16-15-24-19-9-8-17(14-18(16)19)26-13-7-5-4-6-11-22/h8-9,14-15,24H,4-7,10,12-13H2,1-3H3,(H,23,25). The van der Waals surface area contributed by atoms with E-state index in [2.05, 4.69) is 16.4 Å². The zero-order chi connectivity index (χ0) is 19.7. The number of nitrogens with zero attached hydrogens (tertiary/aromatic N) is 1. The quantitative estimate of drug-likeness (QED) is 0.626. The van der Waals surface area contributed by atoms with Crippen molar-refractivity contribution in [2.24, 2.45) is 0 Å². The molecule has 0 bridgehead atoms. The molecule has 0 saturated heterocycles. The van der Waals surface area contributed by atoms with Gasteiger partial charge in [-0.3, -0.25) is 0 Å².